The average Bonchev–Trinajstić information content (AvgIpc) is 3.20. The molecule has 6 heteroatoms. The van der Waals surface area contributed by atoms with Crippen molar-refractivity contribution in [3.63, 3.8) is 0 Å². The molecule has 0 saturated heterocycles. The first kappa shape index (κ1) is 18.5. The van der Waals surface area contributed by atoms with Gasteiger partial charge in [-0.1, -0.05) is 23.7 Å². The predicted octanol–water partition coefficient (Wildman–Crippen LogP) is 2.66. The third kappa shape index (κ3) is 4.43. The summed E-state index contributed by atoms with van der Waals surface area (Å²) in [7, 11) is 0. The lowest BCUT2D eigenvalue weighted by molar-refractivity contribution is -0.121. The molecule has 1 heterocycles. The Morgan fingerprint density at radius 3 is 2.73 bits per heavy atom. The third-order valence-corrected chi connectivity index (χ3v) is 5.16. The molecule has 2 unspecified atom stereocenters. The number of nitrogens with one attached hydrogen (secondary N) is 1. The van der Waals surface area contributed by atoms with E-state index < -0.39 is 0 Å². The Bertz CT molecular complexity index is 720. The summed E-state index contributed by atoms with van der Waals surface area (Å²) in [5, 5.41) is 7.05. The van der Waals surface area contributed by atoms with E-state index in [0.29, 0.717) is 25.5 Å². The van der Waals surface area contributed by atoms with Gasteiger partial charge in [-0.3, -0.25) is 4.79 Å². The Morgan fingerprint density at radius 1 is 1.31 bits per heavy atom. The number of carbonyl (C=O) groups is 1. The molecule has 0 radical (unpaired) electrons. The van der Waals surface area contributed by atoms with Gasteiger partial charge in [0.15, 0.2) is 0 Å². The molecule has 1 aromatic carbocycles. The van der Waals surface area contributed by atoms with Crippen molar-refractivity contribution in [3.8, 4) is 5.75 Å². The molecule has 0 aliphatic heterocycles. The number of aryl methyl sites for hydroxylation is 2. The lowest BCUT2D eigenvalue weighted by Crippen LogP contribution is -2.40. The van der Waals surface area contributed by atoms with Gasteiger partial charge in [0.05, 0.1) is 17.7 Å². The summed E-state index contributed by atoms with van der Waals surface area (Å²) < 4.78 is 10.9. The highest BCUT2D eigenvalue weighted by molar-refractivity contribution is 5.79. The summed E-state index contributed by atoms with van der Waals surface area (Å²) in [5.41, 5.74) is 8.56. The SMILES string of the molecule is Cc1noc(C)c1COc1ccc(CC(=O)NC2CCCC2CN)cc1. The zero-order valence-corrected chi connectivity index (χ0v) is 15.5. The Kier molecular flexibility index (Phi) is 5.93. The smallest absolute Gasteiger partial charge is 0.224 e. The first-order valence-electron chi connectivity index (χ1n) is 9.19. The minimum atomic E-state index is 0.0553. The van der Waals surface area contributed by atoms with Crippen LogP contribution in [0, 0.1) is 19.8 Å². The molecule has 1 aliphatic carbocycles. The summed E-state index contributed by atoms with van der Waals surface area (Å²) in [6.07, 6.45) is 3.66. The molecule has 1 aliphatic rings. The Hall–Kier alpha value is -2.34. The lowest BCUT2D eigenvalue weighted by Gasteiger charge is -2.19. The number of hydrogen-bond acceptors (Lipinski definition) is 5. The third-order valence-electron chi connectivity index (χ3n) is 5.16. The van der Waals surface area contributed by atoms with Crippen LogP contribution in [0.4, 0.5) is 0 Å². The summed E-state index contributed by atoms with van der Waals surface area (Å²) in [4.78, 5) is 12.3. The molecule has 1 fully saturated rings. The molecular weight excluding hydrogens is 330 g/mol. The van der Waals surface area contributed by atoms with Crippen molar-refractivity contribution < 1.29 is 14.1 Å². The summed E-state index contributed by atoms with van der Waals surface area (Å²) >= 11 is 0. The maximum Gasteiger partial charge on any atom is 0.224 e. The second-order valence-electron chi connectivity index (χ2n) is 7.01. The molecule has 140 valence electrons. The highest BCUT2D eigenvalue weighted by Gasteiger charge is 2.27. The Morgan fingerprint density at radius 2 is 2.08 bits per heavy atom. The fourth-order valence-corrected chi connectivity index (χ4v) is 3.52. The van der Waals surface area contributed by atoms with Crippen molar-refractivity contribution >= 4 is 5.91 Å². The van der Waals surface area contributed by atoms with E-state index in [2.05, 4.69) is 10.5 Å². The normalized spacial score (nSPS) is 19.5. The molecule has 3 rings (SSSR count). The van der Waals surface area contributed by atoms with Crippen molar-refractivity contribution in [1.29, 1.82) is 0 Å². The van der Waals surface area contributed by atoms with Gasteiger partial charge < -0.3 is 20.3 Å². The van der Waals surface area contributed by atoms with E-state index in [1.165, 1.54) is 0 Å². The Balaban J connectivity index is 1.50. The van der Waals surface area contributed by atoms with Gasteiger partial charge in [-0.2, -0.15) is 0 Å². The van der Waals surface area contributed by atoms with Crippen LogP contribution in [-0.2, 0) is 17.8 Å². The maximum absolute atomic E-state index is 12.3. The number of rotatable bonds is 7. The fourth-order valence-electron chi connectivity index (χ4n) is 3.52. The summed E-state index contributed by atoms with van der Waals surface area (Å²) in [6.45, 7) is 4.84. The van der Waals surface area contributed by atoms with Gasteiger partial charge in [0.2, 0.25) is 5.91 Å². The minimum Gasteiger partial charge on any atom is -0.489 e. The number of ether oxygens (including phenoxy) is 1. The molecule has 26 heavy (non-hydrogen) atoms. The standard InChI is InChI=1S/C20H27N3O3/c1-13-18(14(2)26-23-13)12-25-17-8-6-15(7-9-17)10-20(24)22-19-5-3-4-16(19)11-21/h6-9,16,19H,3-5,10-12,21H2,1-2H3,(H,22,24). The van der Waals surface area contributed by atoms with E-state index in [4.69, 9.17) is 15.0 Å². The number of nitrogens with two attached hydrogens (primary N) is 1. The van der Waals surface area contributed by atoms with Crippen LogP contribution in [0.15, 0.2) is 28.8 Å². The molecular formula is C20H27N3O3. The van der Waals surface area contributed by atoms with E-state index in [9.17, 15) is 4.79 Å². The largest absolute Gasteiger partial charge is 0.489 e. The molecule has 2 atom stereocenters. The van der Waals surface area contributed by atoms with Gasteiger partial charge in [0.25, 0.3) is 0 Å². The monoisotopic (exact) mass is 357 g/mol. The van der Waals surface area contributed by atoms with E-state index >= 15 is 0 Å². The van der Waals surface area contributed by atoms with E-state index in [0.717, 1.165) is 47.6 Å². The van der Waals surface area contributed by atoms with Crippen LogP contribution in [0.2, 0.25) is 0 Å². The van der Waals surface area contributed by atoms with Crippen LogP contribution in [-0.4, -0.2) is 23.7 Å². The van der Waals surface area contributed by atoms with Crippen LogP contribution < -0.4 is 15.8 Å². The van der Waals surface area contributed by atoms with Gasteiger partial charge in [0, 0.05) is 6.04 Å². The molecule has 1 aromatic heterocycles. The van der Waals surface area contributed by atoms with Crippen LogP contribution in [0.25, 0.3) is 0 Å². The molecule has 2 aromatic rings. The van der Waals surface area contributed by atoms with Crippen LogP contribution >= 0.6 is 0 Å². The fraction of sp³-hybridized carbons (Fsp3) is 0.500. The predicted molar refractivity (Wildman–Crippen MR) is 98.8 cm³/mol. The molecule has 3 N–H and O–H groups in total. The molecule has 1 amide bonds. The summed E-state index contributed by atoms with van der Waals surface area (Å²) in [6, 6.07) is 7.86. The zero-order chi connectivity index (χ0) is 18.5. The van der Waals surface area contributed by atoms with Crippen LogP contribution in [0.3, 0.4) is 0 Å². The van der Waals surface area contributed by atoms with E-state index in [1.807, 2.05) is 38.1 Å². The van der Waals surface area contributed by atoms with Crippen molar-refractivity contribution in [3.05, 3.63) is 46.8 Å². The number of amides is 1. The first-order chi connectivity index (χ1) is 12.6. The highest BCUT2D eigenvalue weighted by atomic mass is 16.5. The van der Waals surface area contributed by atoms with Crippen molar-refractivity contribution in [1.82, 2.24) is 10.5 Å². The van der Waals surface area contributed by atoms with Crippen molar-refractivity contribution in [2.45, 2.75) is 52.2 Å². The van der Waals surface area contributed by atoms with Crippen LogP contribution in [0.1, 0.15) is 41.8 Å². The molecule has 1 saturated carbocycles. The average molecular weight is 357 g/mol. The second-order valence-corrected chi connectivity index (χ2v) is 7.01. The second kappa shape index (κ2) is 8.36. The van der Waals surface area contributed by atoms with Gasteiger partial charge in [-0.25, -0.2) is 0 Å². The minimum absolute atomic E-state index is 0.0553. The van der Waals surface area contributed by atoms with Gasteiger partial charge in [-0.15, -0.1) is 0 Å². The van der Waals surface area contributed by atoms with E-state index in [-0.39, 0.29) is 11.9 Å². The van der Waals surface area contributed by atoms with Gasteiger partial charge in [0.1, 0.15) is 18.1 Å². The lowest BCUT2D eigenvalue weighted by atomic mass is 10.0. The zero-order valence-electron chi connectivity index (χ0n) is 15.5. The maximum atomic E-state index is 12.3. The quantitative estimate of drug-likeness (QED) is 0.795. The van der Waals surface area contributed by atoms with Crippen molar-refractivity contribution in [2.24, 2.45) is 11.7 Å². The number of hydrogen-bond donors (Lipinski definition) is 2. The van der Waals surface area contributed by atoms with Crippen LogP contribution in [0.5, 0.6) is 5.75 Å². The van der Waals surface area contributed by atoms with Gasteiger partial charge >= 0.3 is 0 Å². The molecule has 6 nitrogen and oxygen atoms in total. The van der Waals surface area contributed by atoms with Crippen molar-refractivity contribution in [2.75, 3.05) is 6.54 Å². The topological polar surface area (TPSA) is 90.4 Å². The van der Waals surface area contributed by atoms with Gasteiger partial charge in [-0.05, 0) is 56.8 Å². The highest BCUT2D eigenvalue weighted by Crippen LogP contribution is 2.24. The number of carbonyl (C=O) groups excluding carboxylic acids is 1. The molecule has 0 spiro atoms. The summed E-state index contributed by atoms with van der Waals surface area (Å²) in [5.74, 6) is 2.01. The number of benzene rings is 1. The Labute approximate surface area is 154 Å². The van der Waals surface area contributed by atoms with E-state index in [1.54, 1.807) is 0 Å². The first-order valence-corrected chi connectivity index (χ1v) is 9.19. The number of aromatic nitrogens is 1. The molecule has 0 bridgehead atoms. The number of nitrogens with zero attached hydrogens (tertiary/aromatic N) is 1.